The van der Waals surface area contributed by atoms with Crippen LogP contribution < -0.4 is 10.6 Å². The van der Waals surface area contributed by atoms with E-state index in [2.05, 4.69) is 23.6 Å². The number of carbonyl (C=O) groups is 1. The predicted molar refractivity (Wildman–Crippen MR) is 91.3 cm³/mol. The number of amides is 1. The van der Waals surface area contributed by atoms with Gasteiger partial charge in [0.05, 0.1) is 0 Å². The summed E-state index contributed by atoms with van der Waals surface area (Å²) in [5.41, 5.74) is 3.39. The summed E-state index contributed by atoms with van der Waals surface area (Å²) in [5.74, 6) is 1.22. The molecule has 2 N–H and O–H groups in total. The van der Waals surface area contributed by atoms with E-state index in [1.54, 1.807) is 0 Å². The number of halogens is 1. The summed E-state index contributed by atoms with van der Waals surface area (Å²) in [6.07, 6.45) is 3.59. The molecular weight excluding hydrogens is 304 g/mol. The summed E-state index contributed by atoms with van der Waals surface area (Å²) in [6.45, 7) is 4.00. The van der Waals surface area contributed by atoms with E-state index in [4.69, 9.17) is 0 Å². The van der Waals surface area contributed by atoms with Gasteiger partial charge < -0.3 is 10.6 Å². The fourth-order valence-electron chi connectivity index (χ4n) is 3.19. The smallest absolute Gasteiger partial charge is 0.251 e. The van der Waals surface area contributed by atoms with Gasteiger partial charge in [-0.05, 0) is 41.9 Å². The fourth-order valence-corrected chi connectivity index (χ4v) is 4.39. The second kappa shape index (κ2) is 7.52. The summed E-state index contributed by atoms with van der Waals surface area (Å²) in [7, 11) is 0. The lowest BCUT2D eigenvalue weighted by Gasteiger charge is -2.20. The highest BCUT2D eigenvalue weighted by atomic mass is 35.5. The van der Waals surface area contributed by atoms with E-state index in [0.29, 0.717) is 11.3 Å². The minimum Gasteiger partial charge on any atom is -0.348 e. The van der Waals surface area contributed by atoms with Crippen molar-refractivity contribution in [1.29, 1.82) is 0 Å². The van der Waals surface area contributed by atoms with Crippen LogP contribution >= 0.6 is 24.2 Å². The molecule has 1 heterocycles. The minimum absolute atomic E-state index is 0. The number of rotatable bonds is 4. The van der Waals surface area contributed by atoms with E-state index in [1.165, 1.54) is 24.0 Å². The van der Waals surface area contributed by atoms with Crippen LogP contribution in [0, 0.1) is 0 Å². The summed E-state index contributed by atoms with van der Waals surface area (Å²) in [4.78, 5) is 12.4. The number of carbonyl (C=O) groups excluding carboxylic acids is 1. The van der Waals surface area contributed by atoms with E-state index < -0.39 is 0 Å². The summed E-state index contributed by atoms with van der Waals surface area (Å²) in [5, 5.41) is 7.15. The maximum absolute atomic E-state index is 12.4. The molecule has 2 unspecified atom stereocenters. The Kier molecular flexibility index (Phi) is 5.97. The third-order valence-corrected chi connectivity index (χ3v) is 5.57. The van der Waals surface area contributed by atoms with Crippen molar-refractivity contribution in [1.82, 2.24) is 10.6 Å². The van der Waals surface area contributed by atoms with Crippen molar-refractivity contribution < 1.29 is 4.79 Å². The lowest BCUT2D eigenvalue weighted by molar-refractivity contribution is 0.0938. The normalized spacial score (nSPS) is 23.5. The zero-order valence-corrected chi connectivity index (χ0v) is 14.0. The van der Waals surface area contributed by atoms with Gasteiger partial charge in [0.25, 0.3) is 5.91 Å². The molecule has 5 heteroatoms. The molecule has 1 aromatic rings. The van der Waals surface area contributed by atoms with Crippen LogP contribution in [-0.2, 0) is 13.1 Å². The largest absolute Gasteiger partial charge is 0.348 e. The van der Waals surface area contributed by atoms with Crippen molar-refractivity contribution in [3.8, 4) is 0 Å². The van der Waals surface area contributed by atoms with Gasteiger partial charge in [0.2, 0.25) is 0 Å². The average molecular weight is 327 g/mol. The summed E-state index contributed by atoms with van der Waals surface area (Å²) >= 11 is 1.98. The van der Waals surface area contributed by atoms with Gasteiger partial charge in [0.15, 0.2) is 0 Å². The summed E-state index contributed by atoms with van der Waals surface area (Å²) < 4.78 is 0. The van der Waals surface area contributed by atoms with Crippen LogP contribution in [0.15, 0.2) is 18.2 Å². The van der Waals surface area contributed by atoms with E-state index in [9.17, 15) is 4.79 Å². The van der Waals surface area contributed by atoms with Crippen LogP contribution in [0.25, 0.3) is 0 Å². The Morgan fingerprint density at radius 1 is 1.33 bits per heavy atom. The van der Waals surface area contributed by atoms with Gasteiger partial charge in [0, 0.05) is 29.9 Å². The fraction of sp³-hybridized carbons (Fsp3) is 0.562. The van der Waals surface area contributed by atoms with E-state index in [0.717, 1.165) is 30.8 Å². The summed E-state index contributed by atoms with van der Waals surface area (Å²) in [6, 6.07) is 6.43. The first-order chi connectivity index (χ1) is 9.78. The lowest BCUT2D eigenvalue weighted by atomic mass is 10.1. The number of hydrogen-bond donors (Lipinski definition) is 2. The SMILES string of the molecule is CCSC1CCCC1NC(=O)c1ccc2c(c1)CNC2.Cl. The molecule has 1 aliphatic heterocycles. The number of fused-ring (bicyclic) bond motifs is 1. The molecule has 1 fully saturated rings. The molecule has 0 saturated heterocycles. The Balaban J connectivity index is 0.00000161. The highest BCUT2D eigenvalue weighted by Gasteiger charge is 2.28. The maximum Gasteiger partial charge on any atom is 0.251 e. The highest BCUT2D eigenvalue weighted by Crippen LogP contribution is 2.30. The standard InChI is InChI=1S/C16H22N2OS.ClH/c1-2-20-15-5-3-4-14(15)18-16(19)11-6-7-12-9-17-10-13(12)8-11;/h6-8,14-15,17H,2-5,9-10H2,1H3,(H,18,19);1H. The third kappa shape index (κ3) is 3.74. The van der Waals surface area contributed by atoms with Gasteiger partial charge in [-0.15, -0.1) is 12.4 Å². The molecular formula is C16H23ClN2OS. The van der Waals surface area contributed by atoms with Gasteiger partial charge in [-0.1, -0.05) is 19.4 Å². The first-order valence-electron chi connectivity index (χ1n) is 7.53. The van der Waals surface area contributed by atoms with Gasteiger partial charge in [-0.25, -0.2) is 0 Å². The van der Waals surface area contributed by atoms with Gasteiger partial charge in [-0.3, -0.25) is 4.79 Å². The maximum atomic E-state index is 12.4. The van der Waals surface area contributed by atoms with Crippen LogP contribution in [0.1, 0.15) is 47.7 Å². The Labute approximate surface area is 137 Å². The Bertz CT molecular complexity index is 509. The van der Waals surface area contributed by atoms with E-state index in [-0.39, 0.29) is 18.3 Å². The molecule has 2 aliphatic rings. The second-order valence-corrected chi connectivity index (χ2v) is 7.11. The van der Waals surface area contributed by atoms with Crippen LogP contribution in [0.5, 0.6) is 0 Å². The molecule has 2 atom stereocenters. The average Bonchev–Trinajstić information content (AvgIpc) is 3.07. The Morgan fingerprint density at radius 3 is 2.95 bits per heavy atom. The molecule has 0 bridgehead atoms. The molecule has 1 amide bonds. The first kappa shape index (κ1) is 16.7. The molecule has 1 aliphatic carbocycles. The third-order valence-electron chi connectivity index (χ3n) is 4.25. The Hall–Kier alpha value is -0.710. The molecule has 116 valence electrons. The zero-order chi connectivity index (χ0) is 13.9. The number of nitrogens with one attached hydrogen (secondary N) is 2. The van der Waals surface area contributed by atoms with Crippen molar-refractivity contribution in [2.45, 2.75) is 50.6 Å². The highest BCUT2D eigenvalue weighted by molar-refractivity contribution is 7.99. The molecule has 1 saturated carbocycles. The monoisotopic (exact) mass is 326 g/mol. The minimum atomic E-state index is 0. The van der Waals surface area contributed by atoms with E-state index >= 15 is 0 Å². The lowest BCUT2D eigenvalue weighted by Crippen LogP contribution is -2.38. The van der Waals surface area contributed by atoms with Crippen molar-refractivity contribution in [3.05, 3.63) is 34.9 Å². The molecule has 3 rings (SSSR count). The molecule has 1 aromatic carbocycles. The van der Waals surface area contributed by atoms with Crippen LogP contribution in [0.4, 0.5) is 0 Å². The molecule has 0 spiro atoms. The number of benzene rings is 1. The van der Waals surface area contributed by atoms with Gasteiger partial charge >= 0.3 is 0 Å². The number of thioether (sulfide) groups is 1. The van der Waals surface area contributed by atoms with Crippen molar-refractivity contribution in [3.63, 3.8) is 0 Å². The predicted octanol–water partition coefficient (Wildman–Crippen LogP) is 3.12. The van der Waals surface area contributed by atoms with Crippen molar-refractivity contribution in [2.75, 3.05) is 5.75 Å². The van der Waals surface area contributed by atoms with Gasteiger partial charge in [-0.2, -0.15) is 11.8 Å². The Morgan fingerprint density at radius 2 is 2.14 bits per heavy atom. The van der Waals surface area contributed by atoms with Crippen LogP contribution in [0.3, 0.4) is 0 Å². The molecule has 0 radical (unpaired) electrons. The van der Waals surface area contributed by atoms with Crippen molar-refractivity contribution >= 4 is 30.1 Å². The molecule has 21 heavy (non-hydrogen) atoms. The first-order valence-corrected chi connectivity index (χ1v) is 8.58. The van der Waals surface area contributed by atoms with Crippen molar-refractivity contribution in [2.24, 2.45) is 0 Å². The second-order valence-electron chi connectivity index (χ2n) is 5.59. The quantitative estimate of drug-likeness (QED) is 0.893. The number of hydrogen-bond acceptors (Lipinski definition) is 3. The molecule has 3 nitrogen and oxygen atoms in total. The topological polar surface area (TPSA) is 41.1 Å². The molecule has 0 aromatic heterocycles. The van der Waals surface area contributed by atoms with E-state index in [1.807, 2.05) is 23.9 Å². The van der Waals surface area contributed by atoms with Gasteiger partial charge in [0.1, 0.15) is 0 Å². The zero-order valence-electron chi connectivity index (χ0n) is 12.4. The van der Waals surface area contributed by atoms with Crippen LogP contribution in [-0.4, -0.2) is 23.0 Å². The van der Waals surface area contributed by atoms with Crippen LogP contribution in [0.2, 0.25) is 0 Å².